The first-order valence-corrected chi connectivity index (χ1v) is 10.4. The standard InChI is InChI=1S/C21H18Cl2F3N3O3/c22-14-3-1-13(2-4-14)18-12-20(32-28-18)7-9-29(10-8-20)31-19(30)27-17-6-5-15(23)11-16(17)21(24,25)26/h1-6,11-12,28H,7-10H2,(H,27,30). The number of halogens is 5. The van der Waals surface area contributed by atoms with Gasteiger partial charge < -0.3 is 4.84 Å². The van der Waals surface area contributed by atoms with Gasteiger partial charge in [0.25, 0.3) is 0 Å². The number of nitrogens with zero attached hydrogens (tertiary/aromatic N) is 1. The van der Waals surface area contributed by atoms with Crippen molar-refractivity contribution in [3.05, 3.63) is 69.7 Å². The molecule has 32 heavy (non-hydrogen) atoms. The molecule has 1 amide bonds. The van der Waals surface area contributed by atoms with E-state index in [-0.39, 0.29) is 5.02 Å². The van der Waals surface area contributed by atoms with E-state index in [4.69, 9.17) is 32.9 Å². The third kappa shape index (κ3) is 5.12. The average molecular weight is 488 g/mol. The smallest absolute Gasteiger partial charge is 0.351 e. The van der Waals surface area contributed by atoms with Gasteiger partial charge in [0.1, 0.15) is 5.60 Å². The van der Waals surface area contributed by atoms with Gasteiger partial charge in [-0.3, -0.25) is 15.6 Å². The van der Waals surface area contributed by atoms with Gasteiger partial charge in [-0.15, -0.1) is 5.06 Å². The summed E-state index contributed by atoms with van der Waals surface area (Å²) in [7, 11) is 0. The van der Waals surface area contributed by atoms with Crippen LogP contribution >= 0.6 is 23.2 Å². The Kier molecular flexibility index (Phi) is 6.26. The molecule has 2 N–H and O–H groups in total. The van der Waals surface area contributed by atoms with Crippen molar-refractivity contribution in [2.24, 2.45) is 0 Å². The van der Waals surface area contributed by atoms with Crippen molar-refractivity contribution in [2.75, 3.05) is 18.4 Å². The van der Waals surface area contributed by atoms with Crippen LogP contribution in [0.15, 0.2) is 48.5 Å². The fraction of sp³-hybridized carbons (Fsp3) is 0.286. The fourth-order valence-electron chi connectivity index (χ4n) is 3.56. The highest BCUT2D eigenvalue weighted by atomic mass is 35.5. The molecule has 0 atom stereocenters. The Morgan fingerprint density at radius 3 is 2.41 bits per heavy atom. The first kappa shape index (κ1) is 22.7. The number of hydrogen-bond acceptors (Lipinski definition) is 5. The molecule has 4 rings (SSSR count). The minimum atomic E-state index is -4.67. The molecule has 11 heteroatoms. The van der Waals surface area contributed by atoms with E-state index in [2.05, 4.69) is 10.8 Å². The van der Waals surface area contributed by atoms with Crippen molar-refractivity contribution in [1.29, 1.82) is 0 Å². The van der Waals surface area contributed by atoms with Gasteiger partial charge in [-0.25, -0.2) is 4.79 Å². The number of hydroxylamine groups is 3. The van der Waals surface area contributed by atoms with Crippen molar-refractivity contribution >= 4 is 40.7 Å². The van der Waals surface area contributed by atoms with E-state index in [1.54, 1.807) is 12.1 Å². The summed E-state index contributed by atoms with van der Waals surface area (Å²) in [6, 6.07) is 10.4. The molecular formula is C21H18Cl2F3N3O3. The van der Waals surface area contributed by atoms with E-state index in [1.807, 2.05) is 18.2 Å². The van der Waals surface area contributed by atoms with Gasteiger partial charge in [0.05, 0.1) is 16.9 Å². The molecule has 1 spiro atoms. The number of carbonyl (C=O) groups excluding carboxylic acids is 1. The zero-order chi connectivity index (χ0) is 22.9. The van der Waals surface area contributed by atoms with E-state index >= 15 is 0 Å². The van der Waals surface area contributed by atoms with Gasteiger partial charge in [-0.2, -0.15) is 13.2 Å². The van der Waals surface area contributed by atoms with Crippen molar-refractivity contribution in [1.82, 2.24) is 10.5 Å². The highest BCUT2D eigenvalue weighted by Gasteiger charge is 2.40. The molecule has 0 bridgehead atoms. The summed E-state index contributed by atoms with van der Waals surface area (Å²) in [5.41, 5.74) is 2.62. The second-order valence-electron chi connectivity index (χ2n) is 7.45. The van der Waals surface area contributed by atoms with E-state index in [9.17, 15) is 18.0 Å². The number of anilines is 1. The molecule has 1 fully saturated rings. The highest BCUT2D eigenvalue weighted by Crippen LogP contribution is 2.37. The van der Waals surface area contributed by atoms with Crippen molar-refractivity contribution in [3.63, 3.8) is 0 Å². The Bertz CT molecular complexity index is 1040. The van der Waals surface area contributed by atoms with Crippen molar-refractivity contribution in [2.45, 2.75) is 24.6 Å². The Labute approximate surface area is 191 Å². The summed E-state index contributed by atoms with van der Waals surface area (Å²) >= 11 is 11.6. The molecular weight excluding hydrogens is 470 g/mol. The summed E-state index contributed by atoms with van der Waals surface area (Å²) in [5.74, 6) is 0. The van der Waals surface area contributed by atoms with Crippen LogP contribution < -0.4 is 10.8 Å². The Morgan fingerprint density at radius 1 is 1.09 bits per heavy atom. The summed E-state index contributed by atoms with van der Waals surface area (Å²) in [5, 5.41) is 4.07. The van der Waals surface area contributed by atoms with Crippen LogP contribution in [-0.4, -0.2) is 29.8 Å². The second kappa shape index (κ2) is 8.82. The molecule has 6 nitrogen and oxygen atoms in total. The maximum Gasteiger partial charge on any atom is 0.430 e. The number of hydrogen-bond donors (Lipinski definition) is 2. The first-order valence-electron chi connectivity index (χ1n) is 9.67. The van der Waals surface area contributed by atoms with Gasteiger partial charge in [0.15, 0.2) is 0 Å². The third-order valence-electron chi connectivity index (χ3n) is 5.23. The van der Waals surface area contributed by atoms with Gasteiger partial charge in [-0.05, 0) is 54.8 Å². The SMILES string of the molecule is O=C(Nc1ccc(Cl)cc1C(F)(F)F)ON1CCC2(C=C(c3ccc(Cl)cc3)NO2)CC1. The molecule has 170 valence electrons. The number of alkyl halides is 3. The quantitative estimate of drug-likeness (QED) is 0.565. The number of nitrogens with one attached hydrogen (secondary N) is 2. The number of piperidine rings is 1. The fourth-order valence-corrected chi connectivity index (χ4v) is 3.86. The molecule has 2 heterocycles. The van der Waals surface area contributed by atoms with E-state index in [0.29, 0.717) is 31.0 Å². The lowest BCUT2D eigenvalue weighted by molar-refractivity contribution is -0.153. The van der Waals surface area contributed by atoms with Gasteiger partial charge >= 0.3 is 12.3 Å². The lowest BCUT2D eigenvalue weighted by Crippen LogP contribution is -2.45. The molecule has 0 saturated carbocycles. The normalized spacial score (nSPS) is 18.2. The number of amides is 1. The topological polar surface area (TPSA) is 62.8 Å². The maximum atomic E-state index is 13.2. The van der Waals surface area contributed by atoms with Crippen molar-refractivity contribution in [3.8, 4) is 0 Å². The zero-order valence-electron chi connectivity index (χ0n) is 16.5. The zero-order valence-corrected chi connectivity index (χ0v) is 18.0. The Balaban J connectivity index is 1.35. The summed E-state index contributed by atoms with van der Waals surface area (Å²) in [6.07, 6.45) is -2.68. The first-order chi connectivity index (χ1) is 15.1. The average Bonchev–Trinajstić information content (AvgIpc) is 3.15. The maximum absolute atomic E-state index is 13.2. The minimum absolute atomic E-state index is 0.0891. The van der Waals surface area contributed by atoms with Crippen LogP contribution in [-0.2, 0) is 15.9 Å². The lowest BCUT2D eigenvalue weighted by atomic mass is 9.91. The summed E-state index contributed by atoms with van der Waals surface area (Å²) in [6.45, 7) is 0.679. The van der Waals surface area contributed by atoms with E-state index < -0.39 is 29.1 Å². The molecule has 0 radical (unpaired) electrons. The Morgan fingerprint density at radius 2 is 1.75 bits per heavy atom. The van der Waals surface area contributed by atoms with Crippen LogP contribution in [0.5, 0.6) is 0 Å². The summed E-state index contributed by atoms with van der Waals surface area (Å²) in [4.78, 5) is 23.2. The monoisotopic (exact) mass is 487 g/mol. The number of benzene rings is 2. The van der Waals surface area contributed by atoms with Gasteiger partial charge in [0, 0.05) is 23.1 Å². The predicted molar refractivity (Wildman–Crippen MR) is 114 cm³/mol. The number of rotatable bonds is 3. The van der Waals surface area contributed by atoms with Crippen LogP contribution in [0.25, 0.3) is 5.70 Å². The predicted octanol–water partition coefficient (Wildman–Crippen LogP) is 5.89. The number of carbonyl (C=O) groups is 1. The molecule has 1 saturated heterocycles. The second-order valence-corrected chi connectivity index (χ2v) is 8.33. The molecule has 0 unspecified atom stereocenters. The molecule has 2 aliphatic heterocycles. The molecule has 0 aliphatic carbocycles. The molecule has 2 aliphatic rings. The van der Waals surface area contributed by atoms with Crippen molar-refractivity contribution < 1.29 is 27.6 Å². The third-order valence-corrected chi connectivity index (χ3v) is 5.72. The van der Waals surface area contributed by atoms with E-state index in [0.717, 1.165) is 23.4 Å². The summed E-state index contributed by atoms with van der Waals surface area (Å²) < 4.78 is 39.6. The van der Waals surface area contributed by atoms with Gasteiger partial charge in [0.2, 0.25) is 0 Å². The van der Waals surface area contributed by atoms with Crippen LogP contribution in [0.3, 0.4) is 0 Å². The Hall–Kier alpha value is -2.46. The lowest BCUT2D eigenvalue weighted by Gasteiger charge is -2.35. The molecule has 2 aromatic rings. The van der Waals surface area contributed by atoms with Crippen LogP contribution in [0.2, 0.25) is 10.0 Å². The molecule has 2 aromatic carbocycles. The van der Waals surface area contributed by atoms with Gasteiger partial charge in [-0.1, -0.05) is 35.3 Å². The van der Waals surface area contributed by atoms with E-state index in [1.165, 1.54) is 11.1 Å². The van der Waals surface area contributed by atoms with Crippen LogP contribution in [0.1, 0.15) is 24.0 Å². The van der Waals surface area contributed by atoms with Crippen LogP contribution in [0, 0.1) is 0 Å². The van der Waals surface area contributed by atoms with Crippen LogP contribution in [0.4, 0.5) is 23.7 Å². The molecule has 0 aromatic heterocycles. The highest BCUT2D eigenvalue weighted by molar-refractivity contribution is 6.31. The largest absolute Gasteiger partial charge is 0.430 e. The minimum Gasteiger partial charge on any atom is -0.351 e.